The second-order valence-corrected chi connectivity index (χ2v) is 9.94. The largest absolute Gasteiger partial charge is 0.481 e. The molecule has 1 atom stereocenters. The summed E-state index contributed by atoms with van der Waals surface area (Å²) in [4.78, 5) is 44.9. The van der Waals surface area contributed by atoms with Gasteiger partial charge in [-0.25, -0.2) is 13.2 Å². The highest BCUT2D eigenvalue weighted by molar-refractivity contribution is 5.93. The number of aryl methyl sites for hydroxylation is 2. The van der Waals surface area contributed by atoms with Gasteiger partial charge in [-0.2, -0.15) is 0 Å². The van der Waals surface area contributed by atoms with Crippen LogP contribution >= 0.6 is 0 Å². The number of pyridine rings is 1. The Labute approximate surface area is 236 Å². The molecule has 41 heavy (non-hydrogen) atoms. The molecule has 3 rings (SSSR count). The van der Waals surface area contributed by atoms with Gasteiger partial charge < -0.3 is 20.3 Å². The summed E-state index contributed by atoms with van der Waals surface area (Å²) in [5, 5.41) is 13.8. The third-order valence-corrected chi connectivity index (χ3v) is 6.35. The molecular formula is C30H34F3N3O5. The van der Waals surface area contributed by atoms with E-state index >= 15 is 0 Å². The maximum Gasteiger partial charge on any atom is 0.305 e. The van der Waals surface area contributed by atoms with Gasteiger partial charge in [-0.3, -0.25) is 19.2 Å². The molecule has 3 N–H and O–H groups in total. The van der Waals surface area contributed by atoms with Gasteiger partial charge >= 0.3 is 5.97 Å². The molecule has 11 heteroatoms. The van der Waals surface area contributed by atoms with E-state index in [1.807, 2.05) is 0 Å². The molecule has 0 aliphatic carbocycles. The van der Waals surface area contributed by atoms with E-state index in [2.05, 4.69) is 24.5 Å². The summed E-state index contributed by atoms with van der Waals surface area (Å²) >= 11 is 0. The zero-order chi connectivity index (χ0) is 30.9. The number of hydrogen-bond acceptors (Lipinski definition) is 4. The lowest BCUT2D eigenvalue weighted by atomic mass is 9.92. The second kappa shape index (κ2) is 14.8. The predicted octanol–water partition coefficient (Wildman–Crippen LogP) is 4.81. The van der Waals surface area contributed by atoms with E-state index in [9.17, 15) is 32.3 Å². The van der Waals surface area contributed by atoms with Crippen molar-refractivity contribution in [3.8, 4) is 11.1 Å². The number of aliphatic carboxylic acids is 1. The van der Waals surface area contributed by atoms with Crippen LogP contribution in [0.5, 0.6) is 0 Å². The van der Waals surface area contributed by atoms with E-state index in [0.717, 1.165) is 12.5 Å². The lowest BCUT2D eigenvalue weighted by Gasteiger charge is -2.18. The van der Waals surface area contributed by atoms with E-state index in [0.29, 0.717) is 23.6 Å². The monoisotopic (exact) mass is 573 g/mol. The summed E-state index contributed by atoms with van der Waals surface area (Å²) in [7, 11) is 1.63. The SMILES string of the molecule is CC(C)CCNC(=O)c1cccn(C)c1=O.Cc1ccc(F)c(C)c1-c1cc(F)c(F)c(C(CC(=O)O)NC=O)c1. The topological polar surface area (TPSA) is 118 Å². The maximum atomic E-state index is 14.2. The molecular weight excluding hydrogens is 539 g/mol. The van der Waals surface area contributed by atoms with E-state index in [-0.39, 0.29) is 40.1 Å². The van der Waals surface area contributed by atoms with Crippen molar-refractivity contribution in [2.45, 2.75) is 46.6 Å². The number of hydrogen-bond donors (Lipinski definition) is 3. The summed E-state index contributed by atoms with van der Waals surface area (Å²) in [5.41, 5.74) is 1.13. The number of nitrogens with zero attached hydrogens (tertiary/aromatic N) is 1. The number of carboxylic acid groups (broad SMARTS) is 1. The van der Waals surface area contributed by atoms with Crippen LogP contribution in [-0.4, -0.2) is 34.5 Å². The summed E-state index contributed by atoms with van der Waals surface area (Å²) < 4.78 is 43.6. The van der Waals surface area contributed by atoms with Gasteiger partial charge in [-0.1, -0.05) is 19.9 Å². The summed E-state index contributed by atoms with van der Waals surface area (Å²) in [5.74, 6) is -4.00. The highest BCUT2D eigenvalue weighted by atomic mass is 19.2. The van der Waals surface area contributed by atoms with Crippen molar-refractivity contribution in [1.29, 1.82) is 0 Å². The molecule has 0 radical (unpaired) electrons. The van der Waals surface area contributed by atoms with Crippen molar-refractivity contribution in [3.63, 3.8) is 0 Å². The van der Waals surface area contributed by atoms with Gasteiger partial charge in [0.15, 0.2) is 11.6 Å². The van der Waals surface area contributed by atoms with Gasteiger partial charge in [0, 0.05) is 25.4 Å². The molecule has 0 saturated carbocycles. The van der Waals surface area contributed by atoms with E-state index in [4.69, 9.17) is 5.11 Å². The first-order valence-electron chi connectivity index (χ1n) is 12.9. The van der Waals surface area contributed by atoms with Crippen LogP contribution in [0.4, 0.5) is 13.2 Å². The molecule has 0 saturated heterocycles. The van der Waals surface area contributed by atoms with Crippen LogP contribution in [-0.2, 0) is 16.6 Å². The van der Waals surface area contributed by atoms with Gasteiger partial charge in [0.2, 0.25) is 6.41 Å². The quantitative estimate of drug-likeness (QED) is 0.301. The van der Waals surface area contributed by atoms with Crippen LogP contribution in [0, 0.1) is 37.2 Å². The van der Waals surface area contributed by atoms with Crippen molar-refractivity contribution >= 4 is 18.3 Å². The number of carbonyl (C=O) groups is 3. The molecule has 3 aromatic rings. The fourth-order valence-electron chi connectivity index (χ4n) is 4.13. The number of halogens is 3. The van der Waals surface area contributed by atoms with Gasteiger partial charge in [-0.05, 0) is 78.8 Å². The van der Waals surface area contributed by atoms with Crippen LogP contribution in [0.3, 0.4) is 0 Å². The highest BCUT2D eigenvalue weighted by Gasteiger charge is 2.23. The summed E-state index contributed by atoms with van der Waals surface area (Å²) in [6.07, 6.45) is 2.14. The average Bonchev–Trinajstić information content (AvgIpc) is 2.89. The molecule has 8 nitrogen and oxygen atoms in total. The van der Waals surface area contributed by atoms with Crippen LogP contribution < -0.4 is 16.2 Å². The Morgan fingerprint density at radius 2 is 1.76 bits per heavy atom. The Kier molecular flexibility index (Phi) is 11.9. The highest BCUT2D eigenvalue weighted by Crippen LogP contribution is 2.33. The maximum absolute atomic E-state index is 14.2. The normalized spacial score (nSPS) is 11.3. The third-order valence-electron chi connectivity index (χ3n) is 6.35. The minimum atomic E-state index is -1.29. The molecule has 1 aromatic heterocycles. The fourth-order valence-corrected chi connectivity index (χ4v) is 4.13. The Balaban J connectivity index is 0.000000317. The van der Waals surface area contributed by atoms with Gasteiger partial charge in [-0.15, -0.1) is 0 Å². The third kappa shape index (κ3) is 8.79. The molecule has 0 fully saturated rings. The molecule has 1 unspecified atom stereocenters. The first-order valence-corrected chi connectivity index (χ1v) is 12.9. The van der Waals surface area contributed by atoms with Gasteiger partial charge in [0.25, 0.3) is 11.5 Å². The lowest BCUT2D eigenvalue weighted by molar-refractivity contribution is -0.137. The first-order chi connectivity index (χ1) is 19.3. The molecule has 1 heterocycles. The minimum Gasteiger partial charge on any atom is -0.481 e. The molecule has 2 amide bonds. The summed E-state index contributed by atoms with van der Waals surface area (Å²) in [6, 6.07) is 6.93. The van der Waals surface area contributed by atoms with Crippen molar-refractivity contribution < 1.29 is 32.7 Å². The van der Waals surface area contributed by atoms with Crippen molar-refractivity contribution in [2.24, 2.45) is 13.0 Å². The Bertz CT molecular complexity index is 1470. The molecule has 0 bridgehead atoms. The Morgan fingerprint density at radius 1 is 1.07 bits per heavy atom. The smallest absolute Gasteiger partial charge is 0.305 e. The Morgan fingerprint density at radius 3 is 2.37 bits per heavy atom. The number of rotatable bonds is 10. The number of nitrogens with one attached hydrogen (secondary N) is 2. The Hall–Kier alpha value is -4.41. The summed E-state index contributed by atoms with van der Waals surface area (Å²) in [6.45, 7) is 7.99. The van der Waals surface area contributed by atoms with E-state index in [1.165, 1.54) is 29.7 Å². The molecule has 0 spiro atoms. The van der Waals surface area contributed by atoms with Crippen molar-refractivity contribution in [3.05, 3.63) is 92.7 Å². The van der Waals surface area contributed by atoms with Crippen LogP contribution in [0.2, 0.25) is 0 Å². The standard InChI is InChI=1S/C18H16F3NO3.C12H18N2O2/c1-9-3-4-13(19)10(2)17(9)11-5-12(18(21)14(20)6-11)15(22-8-23)7-16(24)25;1-9(2)6-7-13-11(15)10-5-4-8-14(3)12(10)16/h3-6,8,15H,7H2,1-2H3,(H,22,23)(H,24,25);4-5,8-9H,6-7H2,1-3H3,(H,13,15). The molecule has 0 aliphatic heterocycles. The van der Waals surface area contributed by atoms with E-state index in [1.54, 1.807) is 32.3 Å². The number of carboxylic acids is 1. The average molecular weight is 574 g/mol. The minimum absolute atomic E-state index is 0.200. The van der Waals surface area contributed by atoms with E-state index < -0.39 is 35.9 Å². The number of aromatic nitrogens is 1. The van der Waals surface area contributed by atoms with Crippen LogP contribution in [0.1, 0.15) is 59.8 Å². The van der Waals surface area contributed by atoms with Gasteiger partial charge in [0.05, 0.1) is 12.5 Å². The predicted molar refractivity (Wildman–Crippen MR) is 149 cm³/mol. The van der Waals surface area contributed by atoms with Crippen LogP contribution in [0.25, 0.3) is 11.1 Å². The van der Waals surface area contributed by atoms with Crippen LogP contribution in [0.15, 0.2) is 47.4 Å². The molecule has 220 valence electrons. The second-order valence-electron chi connectivity index (χ2n) is 9.94. The lowest BCUT2D eigenvalue weighted by Crippen LogP contribution is -2.32. The fraction of sp³-hybridized carbons (Fsp3) is 0.333. The molecule has 0 aliphatic rings. The zero-order valence-electron chi connectivity index (χ0n) is 23.6. The van der Waals surface area contributed by atoms with Crippen molar-refractivity contribution in [1.82, 2.24) is 15.2 Å². The number of carbonyl (C=O) groups excluding carboxylic acids is 2. The zero-order valence-corrected chi connectivity index (χ0v) is 23.6. The number of benzene rings is 2. The number of amides is 2. The first kappa shape index (κ1) is 32.8. The molecule has 2 aromatic carbocycles. The van der Waals surface area contributed by atoms with Crippen molar-refractivity contribution in [2.75, 3.05) is 6.54 Å². The van der Waals surface area contributed by atoms with Gasteiger partial charge in [0.1, 0.15) is 11.4 Å².